The van der Waals surface area contributed by atoms with E-state index in [1.807, 2.05) is 18.2 Å². The van der Waals surface area contributed by atoms with Gasteiger partial charge in [-0.15, -0.1) is 0 Å². The van der Waals surface area contributed by atoms with Crippen LogP contribution in [0.4, 0.5) is 0 Å². The molecule has 1 aliphatic heterocycles. The van der Waals surface area contributed by atoms with E-state index >= 15 is 0 Å². The highest BCUT2D eigenvalue weighted by Gasteiger charge is 2.29. The topological polar surface area (TPSA) is 78.0 Å². The second-order valence-corrected chi connectivity index (χ2v) is 7.62. The van der Waals surface area contributed by atoms with E-state index in [2.05, 4.69) is 48.3 Å². The smallest absolute Gasteiger partial charge is 0.154 e. The second-order valence-electron chi connectivity index (χ2n) is 6.50. The first kappa shape index (κ1) is 15.8. The molecule has 1 atom stereocenters. The first-order chi connectivity index (χ1) is 12.1. The summed E-state index contributed by atoms with van der Waals surface area (Å²) in [6, 6.07) is 18.4. The second kappa shape index (κ2) is 5.98. The Morgan fingerprint density at radius 2 is 2.12 bits per heavy atom. The number of nitriles is 1. The average Bonchev–Trinajstić information content (AvgIpc) is 3.05. The molecular weight excluding hydrogens is 328 g/mol. The molecule has 1 aliphatic rings. The number of aromatic nitrogens is 1. The first-order valence-electron chi connectivity index (χ1n) is 8.19. The molecule has 3 N–H and O–H groups in total. The standard InChI is InChI=1S/C20H18N4S/c1-20(7-8-25-19(22)24-20)16-4-2-3-14(10-16)18-11-15-9-13(12-21)5-6-17(15)23-18/h2-6,9-11,23H,7-8H2,1H3,(H2,22,24)/t20-/m0/s1. The van der Waals surface area contributed by atoms with Crippen molar-refractivity contribution in [2.45, 2.75) is 18.9 Å². The summed E-state index contributed by atoms with van der Waals surface area (Å²) in [5, 5.41) is 10.8. The molecule has 5 heteroatoms. The van der Waals surface area contributed by atoms with Crippen LogP contribution in [-0.4, -0.2) is 15.9 Å². The van der Waals surface area contributed by atoms with Crippen LogP contribution >= 0.6 is 11.8 Å². The number of nitrogens with two attached hydrogens (primary N) is 1. The number of nitrogens with one attached hydrogen (secondary N) is 1. The molecule has 2 aromatic carbocycles. The SMILES string of the molecule is C[C@@]1(c2cccc(-c3cc4cc(C#N)ccc4[nH]3)c2)CCSC(N)=N1. The quantitative estimate of drug-likeness (QED) is 0.723. The lowest BCUT2D eigenvalue weighted by molar-refractivity contribution is 0.482. The van der Waals surface area contributed by atoms with Crippen LogP contribution in [0.3, 0.4) is 0 Å². The Kier molecular flexibility index (Phi) is 3.78. The van der Waals surface area contributed by atoms with Crippen molar-refractivity contribution in [1.82, 2.24) is 4.98 Å². The van der Waals surface area contributed by atoms with Crippen molar-refractivity contribution < 1.29 is 0 Å². The zero-order chi connectivity index (χ0) is 17.4. The van der Waals surface area contributed by atoms with Crippen molar-refractivity contribution in [3.8, 4) is 17.3 Å². The number of aliphatic imine (C=N–C) groups is 1. The monoisotopic (exact) mass is 346 g/mol. The Morgan fingerprint density at radius 3 is 2.92 bits per heavy atom. The highest BCUT2D eigenvalue weighted by atomic mass is 32.2. The van der Waals surface area contributed by atoms with Gasteiger partial charge in [-0.25, -0.2) is 0 Å². The number of nitrogens with zero attached hydrogens (tertiary/aromatic N) is 2. The van der Waals surface area contributed by atoms with Crippen molar-refractivity contribution in [2.24, 2.45) is 10.7 Å². The summed E-state index contributed by atoms with van der Waals surface area (Å²) in [5.41, 5.74) is 10.7. The number of thioether (sulfide) groups is 1. The van der Waals surface area contributed by atoms with Crippen molar-refractivity contribution in [1.29, 1.82) is 5.26 Å². The molecule has 4 rings (SSSR count). The van der Waals surface area contributed by atoms with Crippen LogP contribution < -0.4 is 5.73 Å². The molecule has 25 heavy (non-hydrogen) atoms. The highest BCUT2D eigenvalue weighted by Crippen LogP contribution is 2.36. The lowest BCUT2D eigenvalue weighted by atomic mass is 9.88. The molecule has 4 nitrogen and oxygen atoms in total. The van der Waals surface area contributed by atoms with E-state index in [1.165, 1.54) is 5.56 Å². The number of benzene rings is 2. The number of aromatic amines is 1. The van der Waals surface area contributed by atoms with Gasteiger partial charge in [-0.3, -0.25) is 4.99 Å². The van der Waals surface area contributed by atoms with Gasteiger partial charge in [0.15, 0.2) is 5.17 Å². The summed E-state index contributed by atoms with van der Waals surface area (Å²) >= 11 is 1.62. The van der Waals surface area contributed by atoms with Crippen LogP contribution in [-0.2, 0) is 5.54 Å². The maximum atomic E-state index is 9.07. The van der Waals surface area contributed by atoms with Crippen molar-refractivity contribution in [3.05, 3.63) is 59.7 Å². The third kappa shape index (κ3) is 2.90. The van der Waals surface area contributed by atoms with E-state index < -0.39 is 0 Å². The summed E-state index contributed by atoms with van der Waals surface area (Å²) in [5.74, 6) is 0.986. The number of amidine groups is 1. The number of rotatable bonds is 2. The molecule has 0 bridgehead atoms. The summed E-state index contributed by atoms with van der Waals surface area (Å²) in [6.07, 6.45) is 0.972. The van der Waals surface area contributed by atoms with Crippen LogP contribution in [0.5, 0.6) is 0 Å². The van der Waals surface area contributed by atoms with Crippen LogP contribution in [0.1, 0.15) is 24.5 Å². The van der Waals surface area contributed by atoms with E-state index in [4.69, 9.17) is 16.0 Å². The molecule has 0 saturated heterocycles. The summed E-state index contributed by atoms with van der Waals surface area (Å²) in [4.78, 5) is 8.14. The first-order valence-corrected chi connectivity index (χ1v) is 9.18. The lowest BCUT2D eigenvalue weighted by Crippen LogP contribution is -2.28. The van der Waals surface area contributed by atoms with Crippen LogP contribution in [0.2, 0.25) is 0 Å². The third-order valence-corrected chi connectivity index (χ3v) is 5.54. The van der Waals surface area contributed by atoms with E-state index in [0.29, 0.717) is 10.7 Å². The lowest BCUT2D eigenvalue weighted by Gasteiger charge is -2.30. The number of H-pyrrole nitrogens is 1. The molecular formula is C20H18N4S. The Morgan fingerprint density at radius 1 is 1.24 bits per heavy atom. The summed E-state index contributed by atoms with van der Waals surface area (Å²) < 4.78 is 0. The van der Waals surface area contributed by atoms with Gasteiger partial charge < -0.3 is 10.7 Å². The number of hydrogen-bond donors (Lipinski definition) is 2. The van der Waals surface area contributed by atoms with Gasteiger partial charge in [0.25, 0.3) is 0 Å². The predicted octanol–water partition coefficient (Wildman–Crippen LogP) is 4.37. The predicted molar refractivity (Wildman–Crippen MR) is 104 cm³/mol. The minimum atomic E-state index is -0.272. The van der Waals surface area contributed by atoms with E-state index in [0.717, 1.165) is 34.3 Å². The summed E-state index contributed by atoms with van der Waals surface area (Å²) in [7, 11) is 0. The zero-order valence-electron chi connectivity index (χ0n) is 13.9. The van der Waals surface area contributed by atoms with Gasteiger partial charge in [0, 0.05) is 22.3 Å². The maximum Gasteiger partial charge on any atom is 0.154 e. The molecule has 2 heterocycles. The van der Waals surface area contributed by atoms with Crippen molar-refractivity contribution in [3.63, 3.8) is 0 Å². The zero-order valence-corrected chi connectivity index (χ0v) is 14.7. The van der Waals surface area contributed by atoms with Gasteiger partial charge in [0.1, 0.15) is 0 Å². The Balaban J connectivity index is 1.77. The van der Waals surface area contributed by atoms with Crippen LogP contribution in [0.15, 0.2) is 53.5 Å². The van der Waals surface area contributed by atoms with E-state index in [-0.39, 0.29) is 5.54 Å². The highest BCUT2D eigenvalue weighted by molar-refractivity contribution is 8.13. The van der Waals surface area contributed by atoms with Crippen molar-refractivity contribution in [2.75, 3.05) is 5.75 Å². The molecule has 0 fully saturated rings. The molecule has 3 aromatic rings. The molecule has 0 radical (unpaired) electrons. The molecule has 0 spiro atoms. The molecule has 0 unspecified atom stereocenters. The number of hydrogen-bond acceptors (Lipinski definition) is 4. The summed E-state index contributed by atoms with van der Waals surface area (Å²) in [6.45, 7) is 2.14. The van der Waals surface area contributed by atoms with Crippen LogP contribution in [0.25, 0.3) is 22.2 Å². The fourth-order valence-corrected chi connectivity index (χ4v) is 4.25. The fraction of sp³-hybridized carbons (Fsp3) is 0.200. The normalized spacial score (nSPS) is 20.2. The average molecular weight is 346 g/mol. The molecule has 0 saturated carbocycles. The van der Waals surface area contributed by atoms with Gasteiger partial charge in [-0.1, -0.05) is 30.0 Å². The molecule has 0 aliphatic carbocycles. The minimum absolute atomic E-state index is 0.272. The minimum Gasteiger partial charge on any atom is -0.379 e. The largest absolute Gasteiger partial charge is 0.379 e. The molecule has 124 valence electrons. The Hall–Kier alpha value is -2.71. The van der Waals surface area contributed by atoms with Crippen molar-refractivity contribution >= 4 is 27.8 Å². The van der Waals surface area contributed by atoms with Crippen LogP contribution in [0, 0.1) is 11.3 Å². The third-order valence-electron chi connectivity index (χ3n) is 4.74. The Bertz CT molecular complexity index is 1030. The van der Waals surface area contributed by atoms with Gasteiger partial charge in [0.05, 0.1) is 17.2 Å². The molecule has 0 amide bonds. The maximum absolute atomic E-state index is 9.07. The Labute approximate surface area is 150 Å². The van der Waals surface area contributed by atoms with E-state index in [9.17, 15) is 0 Å². The fourth-order valence-electron chi connectivity index (χ4n) is 3.27. The van der Waals surface area contributed by atoms with E-state index in [1.54, 1.807) is 11.8 Å². The van der Waals surface area contributed by atoms with Gasteiger partial charge in [-0.05, 0) is 54.8 Å². The molecule has 1 aromatic heterocycles. The van der Waals surface area contributed by atoms with Gasteiger partial charge >= 0.3 is 0 Å². The van der Waals surface area contributed by atoms with Gasteiger partial charge in [-0.2, -0.15) is 5.26 Å². The van der Waals surface area contributed by atoms with Gasteiger partial charge in [0.2, 0.25) is 0 Å². The number of fused-ring (bicyclic) bond motifs is 1.